The molecule has 0 radical (unpaired) electrons. The number of hydrogen-bond acceptors (Lipinski definition) is 1. The highest BCUT2D eigenvalue weighted by molar-refractivity contribution is 5.96. The highest BCUT2D eigenvalue weighted by Crippen LogP contribution is 2.28. The molecule has 1 aromatic heterocycles. The molecule has 1 heteroatoms. The molecule has 0 fully saturated rings. The van der Waals surface area contributed by atoms with Gasteiger partial charge in [0.1, 0.15) is 0 Å². The Balaban J connectivity index is 2.33. The van der Waals surface area contributed by atoms with Gasteiger partial charge in [0.25, 0.3) is 0 Å². The van der Waals surface area contributed by atoms with E-state index in [-0.39, 0.29) is 0 Å². The van der Waals surface area contributed by atoms with Crippen LogP contribution in [0.25, 0.3) is 21.8 Å². The predicted molar refractivity (Wildman–Crippen MR) is 66.7 cm³/mol. The lowest BCUT2D eigenvalue weighted by Gasteiger charge is -2.03. The monoisotopic (exact) mass is 205 g/mol. The van der Waals surface area contributed by atoms with Crippen LogP contribution in [0.1, 0.15) is 11.1 Å². The van der Waals surface area contributed by atoms with Crippen molar-refractivity contribution in [2.45, 2.75) is 12.8 Å². The molecule has 0 aliphatic carbocycles. The van der Waals surface area contributed by atoms with Crippen molar-refractivity contribution in [1.82, 2.24) is 4.98 Å². The second-order valence-electron chi connectivity index (χ2n) is 4.47. The van der Waals surface area contributed by atoms with Crippen LogP contribution in [0.4, 0.5) is 0 Å². The Kier molecular flexibility index (Phi) is 1.46. The topological polar surface area (TPSA) is 12.9 Å². The van der Waals surface area contributed by atoms with Crippen molar-refractivity contribution in [2.24, 2.45) is 0 Å². The van der Waals surface area contributed by atoms with Gasteiger partial charge in [0.15, 0.2) is 0 Å². The number of benzene rings is 2. The third-order valence-corrected chi connectivity index (χ3v) is 3.50. The lowest BCUT2D eigenvalue weighted by molar-refractivity contribution is 0.984. The zero-order valence-corrected chi connectivity index (χ0v) is 8.90. The molecule has 3 aromatic rings. The van der Waals surface area contributed by atoms with Crippen LogP contribution in [-0.4, -0.2) is 4.98 Å². The molecule has 2 bridgehead atoms. The summed E-state index contributed by atoms with van der Waals surface area (Å²) in [7, 11) is 0. The molecule has 76 valence electrons. The van der Waals surface area contributed by atoms with Crippen molar-refractivity contribution in [3.8, 4) is 0 Å². The zero-order valence-electron chi connectivity index (χ0n) is 8.90. The molecule has 0 atom stereocenters. The molecule has 1 aliphatic rings. The molecule has 0 amide bonds. The highest BCUT2D eigenvalue weighted by Gasteiger charge is 2.11. The van der Waals surface area contributed by atoms with Crippen molar-refractivity contribution in [1.29, 1.82) is 0 Å². The second-order valence-corrected chi connectivity index (χ2v) is 4.47. The van der Waals surface area contributed by atoms with Crippen molar-refractivity contribution in [3.05, 3.63) is 53.6 Å². The van der Waals surface area contributed by atoms with Gasteiger partial charge < -0.3 is 0 Å². The normalized spacial score (nSPS) is 13.8. The van der Waals surface area contributed by atoms with Gasteiger partial charge in [0.2, 0.25) is 0 Å². The first-order valence-electron chi connectivity index (χ1n) is 5.72. The maximum atomic E-state index is 4.84. The Labute approximate surface area is 93.7 Å². The van der Waals surface area contributed by atoms with Gasteiger partial charge in [-0.05, 0) is 30.0 Å². The second kappa shape index (κ2) is 2.82. The van der Waals surface area contributed by atoms with Crippen molar-refractivity contribution in [3.63, 3.8) is 0 Å². The molecule has 0 spiro atoms. The van der Waals surface area contributed by atoms with E-state index < -0.39 is 0 Å². The Hall–Kier alpha value is -1.89. The van der Waals surface area contributed by atoms with Gasteiger partial charge in [-0.3, -0.25) is 0 Å². The lowest BCUT2D eigenvalue weighted by atomic mass is 10.0. The summed E-state index contributed by atoms with van der Waals surface area (Å²) in [6, 6.07) is 15.3. The third kappa shape index (κ3) is 0.977. The van der Waals surface area contributed by atoms with Gasteiger partial charge in [-0.25, -0.2) is 4.98 Å². The summed E-state index contributed by atoms with van der Waals surface area (Å²) in [5.41, 5.74) is 5.16. The minimum Gasteiger partial charge on any atom is -0.247 e. The van der Waals surface area contributed by atoms with Gasteiger partial charge in [0, 0.05) is 10.8 Å². The van der Waals surface area contributed by atoms with Crippen LogP contribution in [-0.2, 0) is 12.8 Å². The maximum Gasteiger partial charge on any atom is 0.0741 e. The van der Waals surface area contributed by atoms with Crippen LogP contribution >= 0.6 is 0 Å². The van der Waals surface area contributed by atoms with E-state index in [9.17, 15) is 0 Å². The average molecular weight is 205 g/mol. The predicted octanol–water partition coefficient (Wildman–Crippen LogP) is 3.49. The fourth-order valence-corrected chi connectivity index (χ4v) is 2.68. The van der Waals surface area contributed by atoms with Gasteiger partial charge in [-0.2, -0.15) is 0 Å². The maximum absolute atomic E-state index is 4.84. The Morgan fingerprint density at radius 2 is 1.31 bits per heavy atom. The quantitative estimate of drug-likeness (QED) is 0.512. The van der Waals surface area contributed by atoms with Gasteiger partial charge in [0.05, 0.1) is 11.0 Å². The van der Waals surface area contributed by atoms with E-state index in [2.05, 4.69) is 42.5 Å². The van der Waals surface area contributed by atoms with E-state index in [1.54, 1.807) is 0 Å². The summed E-state index contributed by atoms with van der Waals surface area (Å²) in [5, 5.41) is 2.54. The van der Waals surface area contributed by atoms with Gasteiger partial charge in [-0.1, -0.05) is 36.4 Å². The number of pyridine rings is 1. The van der Waals surface area contributed by atoms with Crippen molar-refractivity contribution >= 4 is 21.8 Å². The van der Waals surface area contributed by atoms with E-state index in [1.807, 2.05) is 0 Å². The minimum absolute atomic E-state index is 1.11. The number of rotatable bonds is 0. The van der Waals surface area contributed by atoms with Crippen molar-refractivity contribution < 1.29 is 0 Å². The van der Waals surface area contributed by atoms with Crippen LogP contribution in [0.3, 0.4) is 0 Å². The summed E-state index contributed by atoms with van der Waals surface area (Å²) in [4.78, 5) is 4.84. The van der Waals surface area contributed by atoms with Crippen LogP contribution in [0.15, 0.2) is 42.5 Å². The molecule has 0 N–H and O–H groups in total. The Morgan fingerprint density at radius 1 is 0.750 bits per heavy atom. The molecule has 1 nitrogen and oxygen atoms in total. The fourth-order valence-electron chi connectivity index (χ4n) is 2.68. The first-order chi connectivity index (χ1) is 7.92. The molecule has 4 rings (SSSR count). The average Bonchev–Trinajstić information content (AvgIpc) is 2.51. The summed E-state index contributed by atoms with van der Waals surface area (Å²) >= 11 is 0. The first-order valence-corrected chi connectivity index (χ1v) is 5.72. The Morgan fingerprint density at radius 3 is 1.88 bits per heavy atom. The van der Waals surface area contributed by atoms with Gasteiger partial charge >= 0.3 is 0 Å². The summed E-state index contributed by atoms with van der Waals surface area (Å²) < 4.78 is 0. The molecule has 2 aromatic carbocycles. The molecule has 0 saturated carbocycles. The number of aryl methyl sites for hydroxylation is 2. The van der Waals surface area contributed by atoms with Crippen LogP contribution in [0.2, 0.25) is 0 Å². The van der Waals surface area contributed by atoms with Crippen molar-refractivity contribution in [2.75, 3.05) is 0 Å². The summed E-state index contributed by atoms with van der Waals surface area (Å²) in [6.07, 6.45) is 2.22. The molecular formula is C15H11N. The summed E-state index contributed by atoms with van der Waals surface area (Å²) in [5.74, 6) is 0. The number of nitrogens with zero attached hydrogens (tertiary/aromatic N) is 1. The zero-order chi connectivity index (χ0) is 10.5. The fraction of sp³-hybridized carbons (Fsp3) is 0.133. The number of hydrogen-bond donors (Lipinski definition) is 0. The SMILES string of the molecule is c1cc2c3nc4c(cccc4cc3c1)CC2. The van der Waals surface area contributed by atoms with Gasteiger partial charge in [-0.15, -0.1) is 0 Å². The van der Waals surface area contributed by atoms with Crippen LogP contribution in [0.5, 0.6) is 0 Å². The Bertz CT molecular complexity index is 654. The largest absolute Gasteiger partial charge is 0.247 e. The molecule has 0 unspecified atom stereocenters. The number of para-hydroxylation sites is 2. The first kappa shape index (κ1) is 8.28. The molecule has 2 heterocycles. The van der Waals surface area contributed by atoms with Crippen LogP contribution < -0.4 is 0 Å². The standard InChI is InChI=1S/C15H11N/c1-3-10-7-8-11-4-2-6-13-9-12(5-1)14(10)16-15(11)13/h1-6,9H,7-8H2. The smallest absolute Gasteiger partial charge is 0.0741 e. The lowest BCUT2D eigenvalue weighted by Crippen LogP contribution is -1.88. The van der Waals surface area contributed by atoms with E-state index >= 15 is 0 Å². The molecular weight excluding hydrogens is 194 g/mol. The van der Waals surface area contributed by atoms with E-state index in [0.717, 1.165) is 12.8 Å². The van der Waals surface area contributed by atoms with E-state index in [1.165, 1.54) is 32.9 Å². The summed E-state index contributed by atoms with van der Waals surface area (Å²) in [6.45, 7) is 0. The minimum atomic E-state index is 1.11. The van der Waals surface area contributed by atoms with Crippen LogP contribution in [0, 0.1) is 0 Å². The number of aromatic nitrogens is 1. The van der Waals surface area contributed by atoms with E-state index in [0.29, 0.717) is 0 Å². The van der Waals surface area contributed by atoms with E-state index in [4.69, 9.17) is 4.98 Å². The molecule has 1 aliphatic heterocycles. The molecule has 0 saturated heterocycles. The highest BCUT2D eigenvalue weighted by atomic mass is 14.7. The molecule has 16 heavy (non-hydrogen) atoms. The third-order valence-electron chi connectivity index (χ3n) is 3.50.